The third kappa shape index (κ3) is 4.74. The van der Waals surface area contributed by atoms with Gasteiger partial charge in [-0.1, -0.05) is 31.7 Å². The number of hydrogen-bond donors (Lipinski definition) is 1. The monoisotopic (exact) mass is 410 g/mol. The summed E-state index contributed by atoms with van der Waals surface area (Å²) >= 11 is 0. The summed E-state index contributed by atoms with van der Waals surface area (Å²) in [5, 5.41) is 1.01. The average Bonchev–Trinajstić information content (AvgIpc) is 3.08. The Morgan fingerprint density at radius 3 is 2.57 bits per heavy atom. The highest BCUT2D eigenvalue weighted by molar-refractivity contribution is 6.05. The zero-order chi connectivity index (χ0) is 21.1. The van der Waals surface area contributed by atoms with Gasteiger partial charge in [-0.2, -0.15) is 0 Å². The summed E-state index contributed by atoms with van der Waals surface area (Å²) < 4.78 is 6.06. The maximum absolute atomic E-state index is 13.1. The Bertz CT molecular complexity index is 873. The highest BCUT2D eigenvalue weighted by atomic mass is 16.6. The van der Waals surface area contributed by atoms with Crippen LogP contribution in [-0.4, -0.2) is 41.1 Å². The van der Waals surface area contributed by atoms with Crippen LogP contribution in [0, 0.1) is 6.92 Å². The normalized spacial score (nSPS) is 20.0. The number of hydrogen-bond acceptors (Lipinski definition) is 3. The van der Waals surface area contributed by atoms with Crippen molar-refractivity contribution in [3.8, 4) is 0 Å². The van der Waals surface area contributed by atoms with E-state index in [1.54, 1.807) is 0 Å². The van der Waals surface area contributed by atoms with Gasteiger partial charge in [-0.15, -0.1) is 0 Å². The van der Waals surface area contributed by atoms with E-state index in [9.17, 15) is 4.79 Å². The second-order valence-electron chi connectivity index (χ2n) is 9.93. The van der Waals surface area contributed by atoms with E-state index in [4.69, 9.17) is 4.74 Å². The Balaban J connectivity index is 1.48. The Hall–Kier alpha value is -1.81. The quantitative estimate of drug-likeness (QED) is 0.580. The lowest BCUT2D eigenvalue weighted by Gasteiger charge is -2.33. The van der Waals surface area contributed by atoms with Crippen molar-refractivity contribution in [1.29, 1.82) is 0 Å². The lowest BCUT2D eigenvalue weighted by Crippen LogP contribution is -2.34. The van der Waals surface area contributed by atoms with Gasteiger partial charge in [-0.05, 0) is 83.5 Å². The number of nitrogens with one attached hydrogen (secondary N) is 1. The smallest absolute Gasteiger partial charge is 0.341 e. The van der Waals surface area contributed by atoms with Crippen LogP contribution in [0.25, 0.3) is 10.9 Å². The van der Waals surface area contributed by atoms with Gasteiger partial charge < -0.3 is 14.6 Å². The number of H-pyrrole nitrogens is 1. The van der Waals surface area contributed by atoms with E-state index in [-0.39, 0.29) is 11.6 Å². The SMILES string of the molecule is Cc1[nH]c2ccc(CCN(C)C3CCCCC3)cc2c1C(=O)OC1(C)CCCCC1. The number of aromatic amines is 1. The number of benzene rings is 1. The van der Waals surface area contributed by atoms with Crippen LogP contribution < -0.4 is 0 Å². The third-order valence-electron chi connectivity index (χ3n) is 7.46. The van der Waals surface area contributed by atoms with Crippen LogP contribution in [0.1, 0.15) is 92.7 Å². The highest BCUT2D eigenvalue weighted by Crippen LogP contribution is 2.33. The summed E-state index contributed by atoms with van der Waals surface area (Å²) in [6.45, 7) is 5.15. The number of ether oxygens (including phenoxy) is 1. The summed E-state index contributed by atoms with van der Waals surface area (Å²) in [7, 11) is 2.27. The second kappa shape index (κ2) is 9.13. The van der Waals surface area contributed by atoms with Gasteiger partial charge in [-0.3, -0.25) is 0 Å². The molecule has 0 radical (unpaired) electrons. The Kier molecular flexibility index (Phi) is 6.52. The predicted molar refractivity (Wildman–Crippen MR) is 123 cm³/mol. The zero-order valence-corrected chi connectivity index (χ0v) is 19.1. The molecule has 30 heavy (non-hydrogen) atoms. The fraction of sp³-hybridized carbons (Fsp3) is 0.654. The summed E-state index contributed by atoms with van der Waals surface area (Å²) in [4.78, 5) is 19.1. The minimum absolute atomic E-state index is 0.167. The number of nitrogens with zero attached hydrogens (tertiary/aromatic N) is 1. The van der Waals surface area contributed by atoms with Crippen LogP contribution in [-0.2, 0) is 11.2 Å². The van der Waals surface area contributed by atoms with E-state index in [2.05, 4.69) is 42.1 Å². The lowest BCUT2D eigenvalue weighted by atomic mass is 9.86. The second-order valence-corrected chi connectivity index (χ2v) is 9.93. The van der Waals surface area contributed by atoms with Crippen LogP contribution in [0.15, 0.2) is 18.2 Å². The summed E-state index contributed by atoms with van der Waals surface area (Å²) in [5.41, 5.74) is 3.64. The molecule has 4 rings (SSSR count). The highest BCUT2D eigenvalue weighted by Gasteiger charge is 2.32. The first kappa shape index (κ1) is 21.4. The maximum atomic E-state index is 13.1. The molecule has 0 saturated heterocycles. The number of likely N-dealkylation sites (N-methyl/N-ethyl adjacent to an activating group) is 1. The standard InChI is InChI=1S/C26H38N2O2/c1-19-24(25(29)30-26(2)15-8-5-9-16-26)22-18-20(12-13-23(22)27-19)14-17-28(3)21-10-6-4-7-11-21/h12-13,18,21,27H,4-11,14-17H2,1-3H3. The minimum atomic E-state index is -0.314. The molecule has 0 bridgehead atoms. The number of aryl methyl sites for hydroxylation is 1. The fourth-order valence-electron chi connectivity index (χ4n) is 5.48. The van der Waals surface area contributed by atoms with Crippen LogP contribution in [0.4, 0.5) is 0 Å². The van der Waals surface area contributed by atoms with Gasteiger partial charge in [0.2, 0.25) is 0 Å². The van der Waals surface area contributed by atoms with Crippen LogP contribution in [0.2, 0.25) is 0 Å². The molecular formula is C26H38N2O2. The van der Waals surface area contributed by atoms with Crippen molar-refractivity contribution < 1.29 is 9.53 Å². The number of esters is 1. The van der Waals surface area contributed by atoms with Crippen molar-refractivity contribution >= 4 is 16.9 Å². The third-order valence-corrected chi connectivity index (χ3v) is 7.46. The Morgan fingerprint density at radius 1 is 1.13 bits per heavy atom. The molecule has 164 valence electrons. The van der Waals surface area contributed by atoms with Crippen LogP contribution in [0.5, 0.6) is 0 Å². The van der Waals surface area contributed by atoms with E-state index in [0.29, 0.717) is 0 Å². The molecule has 0 amide bonds. The van der Waals surface area contributed by atoms with Crippen molar-refractivity contribution in [3.63, 3.8) is 0 Å². The zero-order valence-electron chi connectivity index (χ0n) is 19.1. The van der Waals surface area contributed by atoms with E-state index >= 15 is 0 Å². The molecule has 1 aromatic heterocycles. The molecule has 2 aliphatic rings. The van der Waals surface area contributed by atoms with Crippen LogP contribution >= 0.6 is 0 Å². The van der Waals surface area contributed by atoms with Crippen molar-refractivity contribution in [2.24, 2.45) is 0 Å². The van der Waals surface area contributed by atoms with Crippen LogP contribution in [0.3, 0.4) is 0 Å². The van der Waals surface area contributed by atoms with Gasteiger partial charge in [0.1, 0.15) is 5.60 Å². The van der Waals surface area contributed by atoms with E-state index in [0.717, 1.165) is 66.9 Å². The molecule has 2 aromatic rings. The molecule has 4 nitrogen and oxygen atoms in total. The topological polar surface area (TPSA) is 45.3 Å². The average molecular weight is 411 g/mol. The van der Waals surface area contributed by atoms with Gasteiger partial charge in [0.05, 0.1) is 5.56 Å². The number of carbonyl (C=O) groups is 1. The summed E-state index contributed by atoms with van der Waals surface area (Å²) in [6.07, 6.45) is 13.3. The molecule has 1 N–H and O–H groups in total. The Morgan fingerprint density at radius 2 is 1.83 bits per heavy atom. The molecule has 0 unspecified atom stereocenters. The summed E-state index contributed by atoms with van der Waals surface area (Å²) in [6, 6.07) is 7.26. The predicted octanol–water partition coefficient (Wildman–Crippen LogP) is 6.16. The van der Waals surface area contributed by atoms with E-state index < -0.39 is 0 Å². The van der Waals surface area contributed by atoms with Crippen molar-refractivity contribution in [3.05, 3.63) is 35.0 Å². The Labute approximate surface area is 181 Å². The molecule has 1 heterocycles. The molecule has 0 aliphatic heterocycles. The fourth-order valence-corrected chi connectivity index (χ4v) is 5.48. The first-order valence-electron chi connectivity index (χ1n) is 12.0. The van der Waals surface area contributed by atoms with Gasteiger partial charge in [-0.25, -0.2) is 4.79 Å². The molecule has 4 heteroatoms. The lowest BCUT2D eigenvalue weighted by molar-refractivity contribution is -0.0267. The minimum Gasteiger partial charge on any atom is -0.456 e. The van der Waals surface area contributed by atoms with Crippen molar-refractivity contribution in [1.82, 2.24) is 9.88 Å². The summed E-state index contributed by atoms with van der Waals surface area (Å²) in [5.74, 6) is -0.167. The van der Waals surface area contributed by atoms with Gasteiger partial charge >= 0.3 is 5.97 Å². The number of rotatable bonds is 6. The van der Waals surface area contributed by atoms with Crippen molar-refractivity contribution in [2.75, 3.05) is 13.6 Å². The molecule has 0 spiro atoms. The van der Waals surface area contributed by atoms with E-state index in [1.807, 2.05) is 6.92 Å². The first-order valence-corrected chi connectivity index (χ1v) is 12.0. The van der Waals surface area contributed by atoms with Gasteiger partial charge in [0, 0.05) is 29.2 Å². The number of carbonyl (C=O) groups excluding carboxylic acids is 1. The molecule has 2 aliphatic carbocycles. The molecule has 1 aromatic carbocycles. The number of fused-ring (bicyclic) bond motifs is 1. The number of aromatic nitrogens is 1. The molecular weight excluding hydrogens is 372 g/mol. The molecule has 0 atom stereocenters. The van der Waals surface area contributed by atoms with Gasteiger partial charge in [0.25, 0.3) is 0 Å². The molecule has 2 saturated carbocycles. The molecule has 2 fully saturated rings. The van der Waals surface area contributed by atoms with E-state index in [1.165, 1.54) is 44.1 Å². The first-order chi connectivity index (χ1) is 14.5. The largest absolute Gasteiger partial charge is 0.456 e. The van der Waals surface area contributed by atoms with Crippen molar-refractivity contribution in [2.45, 2.75) is 96.1 Å². The van der Waals surface area contributed by atoms with Gasteiger partial charge in [0.15, 0.2) is 0 Å². The maximum Gasteiger partial charge on any atom is 0.341 e.